The minimum atomic E-state index is -4.59. The van der Waals surface area contributed by atoms with Crippen molar-refractivity contribution in [3.8, 4) is 11.8 Å². The van der Waals surface area contributed by atoms with E-state index in [1.54, 1.807) is 29.3 Å². The van der Waals surface area contributed by atoms with E-state index in [9.17, 15) is 23.1 Å². The van der Waals surface area contributed by atoms with Gasteiger partial charge in [-0.1, -0.05) is 12.1 Å². The van der Waals surface area contributed by atoms with Gasteiger partial charge in [-0.05, 0) is 92.3 Å². The Morgan fingerprint density at radius 3 is 2.38 bits per heavy atom. The average molecular weight is 582 g/mol. The van der Waals surface area contributed by atoms with Crippen molar-refractivity contribution in [1.82, 2.24) is 15.3 Å². The average Bonchev–Trinajstić information content (AvgIpc) is 2.95. The van der Waals surface area contributed by atoms with Gasteiger partial charge in [0.15, 0.2) is 5.69 Å². The number of halogens is 3. The molecule has 2 aromatic carbocycles. The lowest BCUT2D eigenvalue weighted by atomic mass is 9.52. The molecule has 0 saturated heterocycles. The first-order valence-electron chi connectivity index (χ1n) is 14.2. The zero-order chi connectivity index (χ0) is 29.1. The number of carbonyl (C=O) groups excluding carboxylic acids is 1. The Kier molecular flexibility index (Phi) is 6.41. The van der Waals surface area contributed by atoms with Crippen LogP contribution >= 0.6 is 0 Å². The van der Waals surface area contributed by atoms with E-state index in [1.807, 2.05) is 24.3 Å². The molecule has 1 aromatic heterocycles. The molecular formula is C30H30F3N5O4. The summed E-state index contributed by atoms with van der Waals surface area (Å²) in [6.45, 7) is 0.935. The van der Waals surface area contributed by atoms with Crippen molar-refractivity contribution in [3.63, 3.8) is 0 Å². The molecule has 3 unspecified atom stereocenters. The lowest BCUT2D eigenvalue weighted by Crippen LogP contribution is -2.62. The molecule has 8 rings (SSSR count). The fraction of sp³-hybridized carbons (Fsp3) is 0.433. The van der Waals surface area contributed by atoms with Crippen LogP contribution in [-0.4, -0.2) is 45.9 Å². The van der Waals surface area contributed by atoms with E-state index in [1.165, 1.54) is 0 Å². The number of aliphatic hydroxyl groups is 1. The van der Waals surface area contributed by atoms with E-state index in [4.69, 9.17) is 9.57 Å². The van der Waals surface area contributed by atoms with E-state index in [0.717, 1.165) is 61.4 Å². The highest BCUT2D eigenvalue weighted by Gasteiger charge is 2.55. The highest BCUT2D eigenvalue weighted by molar-refractivity contribution is 5.80. The quantitative estimate of drug-likeness (QED) is 0.389. The summed E-state index contributed by atoms with van der Waals surface area (Å²) in [5.74, 6) is 1.41. The lowest BCUT2D eigenvalue weighted by Gasteiger charge is -2.57. The van der Waals surface area contributed by atoms with Crippen LogP contribution < -0.4 is 20.0 Å². The number of rotatable bonds is 5. The summed E-state index contributed by atoms with van der Waals surface area (Å²) in [7, 11) is 0. The van der Waals surface area contributed by atoms with Crippen LogP contribution in [0.1, 0.15) is 37.8 Å². The summed E-state index contributed by atoms with van der Waals surface area (Å²) in [5, 5.41) is 15.6. The number of hydrogen-bond donors (Lipinski definition) is 2. The molecule has 9 nitrogen and oxygen atoms in total. The predicted molar refractivity (Wildman–Crippen MR) is 146 cm³/mol. The fourth-order valence-corrected chi connectivity index (χ4v) is 7.53. The molecule has 12 heteroatoms. The van der Waals surface area contributed by atoms with Gasteiger partial charge in [0.05, 0.1) is 23.5 Å². The van der Waals surface area contributed by atoms with Crippen molar-refractivity contribution < 1.29 is 32.6 Å². The first-order valence-corrected chi connectivity index (χ1v) is 14.2. The molecule has 2 heterocycles. The molecule has 5 atom stereocenters. The SMILES string of the molecule is O=C(NC1[C@@H]2CC3C[C@H]1CC(O)(C3)C2)ON1CCN(c2ccc(Oc3nccc(C(F)(F)F)n3)cc2)c2ccccc21. The van der Waals surface area contributed by atoms with Gasteiger partial charge in [0.2, 0.25) is 0 Å². The van der Waals surface area contributed by atoms with Crippen molar-refractivity contribution >= 4 is 23.2 Å². The molecule has 1 aliphatic heterocycles. The lowest BCUT2D eigenvalue weighted by molar-refractivity contribution is -0.141. The number of aromatic nitrogens is 2. The Balaban J connectivity index is 1.02. The number of amides is 1. The van der Waals surface area contributed by atoms with Gasteiger partial charge in [0.25, 0.3) is 0 Å². The molecule has 42 heavy (non-hydrogen) atoms. The Bertz CT molecular complexity index is 1470. The minimum absolute atomic E-state index is 0.0212. The van der Waals surface area contributed by atoms with Gasteiger partial charge < -0.3 is 24.9 Å². The van der Waals surface area contributed by atoms with Crippen molar-refractivity contribution in [3.05, 3.63) is 66.5 Å². The maximum atomic E-state index is 13.1. The molecule has 4 bridgehead atoms. The molecule has 1 amide bonds. The van der Waals surface area contributed by atoms with Gasteiger partial charge in [0.1, 0.15) is 5.75 Å². The summed E-state index contributed by atoms with van der Waals surface area (Å²) in [5.41, 5.74) is 0.755. The molecule has 4 saturated carbocycles. The van der Waals surface area contributed by atoms with Crippen molar-refractivity contribution in [2.75, 3.05) is 23.1 Å². The number of fused-ring (bicyclic) bond motifs is 1. The van der Waals surface area contributed by atoms with Crippen molar-refractivity contribution in [1.29, 1.82) is 0 Å². The second-order valence-electron chi connectivity index (χ2n) is 11.8. The maximum absolute atomic E-state index is 13.1. The molecule has 2 N–H and O–H groups in total. The fourth-order valence-electron chi connectivity index (χ4n) is 7.53. The zero-order valence-electron chi connectivity index (χ0n) is 22.6. The Morgan fingerprint density at radius 1 is 0.976 bits per heavy atom. The standard InChI is InChI=1S/C30H30F3N5O4/c31-30(32,33)25-9-10-34-27(35-25)41-22-7-5-21(6-8-22)37-11-12-38(24-4-2-1-3-23(24)37)42-28(39)36-26-19-13-18-14-20(26)17-29(40,15-18)16-19/h1-10,18-20,26,40H,11-17H2,(H,36,39)/t18?,19-,20+,26?,29?. The highest BCUT2D eigenvalue weighted by atomic mass is 19.4. The second-order valence-corrected chi connectivity index (χ2v) is 11.8. The van der Waals surface area contributed by atoms with E-state index in [-0.39, 0.29) is 17.9 Å². The topological polar surface area (TPSA) is 100 Å². The van der Waals surface area contributed by atoms with Crippen LogP contribution in [0.5, 0.6) is 11.8 Å². The number of nitrogens with zero attached hydrogens (tertiary/aromatic N) is 4. The summed E-state index contributed by atoms with van der Waals surface area (Å²) in [6, 6.07) is 14.9. The van der Waals surface area contributed by atoms with Gasteiger partial charge in [-0.2, -0.15) is 18.2 Å². The normalized spacial score (nSPS) is 27.9. The number of ether oxygens (including phenoxy) is 1. The van der Waals surface area contributed by atoms with Crippen LogP contribution in [0.2, 0.25) is 0 Å². The number of alkyl halides is 3. The molecule has 4 fully saturated rings. The smallest absolute Gasteiger partial charge is 0.424 e. The van der Waals surface area contributed by atoms with Crippen LogP contribution in [0.3, 0.4) is 0 Å². The van der Waals surface area contributed by atoms with Crippen LogP contribution in [0.25, 0.3) is 0 Å². The van der Waals surface area contributed by atoms with Gasteiger partial charge in [-0.3, -0.25) is 0 Å². The summed E-state index contributed by atoms with van der Waals surface area (Å²) >= 11 is 0. The maximum Gasteiger partial charge on any atom is 0.433 e. The third-order valence-corrected chi connectivity index (χ3v) is 8.97. The summed E-state index contributed by atoms with van der Waals surface area (Å²) < 4.78 is 44.4. The van der Waals surface area contributed by atoms with E-state index in [2.05, 4.69) is 20.2 Å². The van der Waals surface area contributed by atoms with Gasteiger partial charge in [0, 0.05) is 24.5 Å². The predicted octanol–water partition coefficient (Wildman–Crippen LogP) is 5.83. The largest absolute Gasteiger partial charge is 0.433 e. The monoisotopic (exact) mass is 581 g/mol. The number of nitrogens with one attached hydrogen (secondary N) is 1. The molecule has 0 radical (unpaired) electrons. The second kappa shape index (κ2) is 10.0. The number of hydrogen-bond acceptors (Lipinski definition) is 8. The third kappa shape index (κ3) is 5.08. The van der Waals surface area contributed by atoms with E-state index >= 15 is 0 Å². The third-order valence-electron chi connectivity index (χ3n) is 8.97. The van der Waals surface area contributed by atoms with Crippen LogP contribution in [0.15, 0.2) is 60.8 Å². The van der Waals surface area contributed by atoms with Gasteiger partial charge in [-0.15, -0.1) is 0 Å². The molecule has 220 valence electrons. The minimum Gasteiger partial charge on any atom is -0.424 e. The van der Waals surface area contributed by atoms with Crippen LogP contribution in [0, 0.1) is 17.8 Å². The summed E-state index contributed by atoms with van der Waals surface area (Å²) in [4.78, 5) is 28.2. The first-order chi connectivity index (χ1) is 20.1. The van der Waals surface area contributed by atoms with Crippen LogP contribution in [0.4, 0.5) is 35.0 Å². The molecule has 3 aromatic rings. The van der Waals surface area contributed by atoms with Gasteiger partial charge >= 0.3 is 18.3 Å². The van der Waals surface area contributed by atoms with Gasteiger partial charge in [-0.25, -0.2) is 14.8 Å². The van der Waals surface area contributed by atoms with Crippen molar-refractivity contribution in [2.45, 2.75) is 49.9 Å². The number of carbonyl (C=O) groups is 1. The number of benzene rings is 2. The summed E-state index contributed by atoms with van der Waals surface area (Å²) in [6.07, 6.45) is 0.380. The molecule has 0 spiro atoms. The number of para-hydroxylation sites is 2. The first kappa shape index (κ1) is 26.8. The number of hydroxylamine groups is 1. The molecular weight excluding hydrogens is 551 g/mol. The Labute approximate surface area is 240 Å². The Hall–Kier alpha value is -4.06. The highest BCUT2D eigenvalue weighted by Crippen LogP contribution is 2.55. The number of anilines is 3. The molecule has 5 aliphatic rings. The van der Waals surface area contributed by atoms with E-state index < -0.39 is 29.6 Å². The Morgan fingerprint density at radius 2 is 1.69 bits per heavy atom. The molecule has 4 aliphatic carbocycles. The van der Waals surface area contributed by atoms with E-state index in [0.29, 0.717) is 24.8 Å². The zero-order valence-corrected chi connectivity index (χ0v) is 22.6. The van der Waals surface area contributed by atoms with Crippen LogP contribution in [-0.2, 0) is 11.0 Å². The van der Waals surface area contributed by atoms with Crippen molar-refractivity contribution in [2.24, 2.45) is 17.8 Å².